The van der Waals surface area contributed by atoms with E-state index < -0.39 is 0 Å². The summed E-state index contributed by atoms with van der Waals surface area (Å²) in [6.45, 7) is 2.23. The van der Waals surface area contributed by atoms with Crippen molar-refractivity contribution in [1.29, 1.82) is 0 Å². The molecule has 0 aliphatic rings. The fourth-order valence-electron chi connectivity index (χ4n) is 2.02. The summed E-state index contributed by atoms with van der Waals surface area (Å²) in [4.78, 5) is 16.0. The normalized spacial score (nSPS) is 11.1. The number of carbonyl (C=O) groups excluding carboxylic acids is 1. The molecule has 0 aliphatic carbocycles. The molecule has 6 nitrogen and oxygen atoms in total. The molecule has 98 valence electrons. The van der Waals surface area contributed by atoms with Crippen LogP contribution in [-0.2, 0) is 30.7 Å². The van der Waals surface area contributed by atoms with E-state index in [0.29, 0.717) is 5.82 Å². The highest BCUT2D eigenvalue weighted by molar-refractivity contribution is 6.16. The van der Waals surface area contributed by atoms with Gasteiger partial charge in [0.05, 0.1) is 11.6 Å². The molecule has 2 aromatic heterocycles. The quantitative estimate of drug-likeness (QED) is 0.836. The maximum absolute atomic E-state index is 11.5. The third-order valence-electron chi connectivity index (χ3n) is 2.91. The van der Waals surface area contributed by atoms with Crippen molar-refractivity contribution < 1.29 is 4.79 Å². The van der Waals surface area contributed by atoms with Gasteiger partial charge in [0.15, 0.2) is 5.65 Å². The first-order valence-electron chi connectivity index (χ1n) is 5.79. The monoisotopic (exact) mass is 269 g/mol. The molecule has 0 radical (unpaired) electrons. The van der Waals surface area contributed by atoms with E-state index in [9.17, 15) is 4.79 Å². The minimum atomic E-state index is -0.0834. The molecule has 0 fully saturated rings. The van der Waals surface area contributed by atoms with E-state index in [0.717, 1.165) is 23.3 Å². The van der Waals surface area contributed by atoms with Gasteiger partial charge in [-0.2, -0.15) is 5.10 Å². The van der Waals surface area contributed by atoms with Gasteiger partial charge in [0, 0.05) is 14.1 Å². The van der Waals surface area contributed by atoms with Crippen LogP contribution in [0.4, 0.5) is 0 Å². The number of nitrogens with one attached hydrogen (secondary N) is 1. The molecular weight excluding hydrogens is 254 g/mol. The number of rotatable bonds is 4. The molecule has 0 saturated heterocycles. The third-order valence-corrected chi connectivity index (χ3v) is 3.14. The molecule has 0 unspecified atom stereocenters. The molecule has 0 aliphatic heterocycles. The Bertz CT molecular complexity index is 586. The zero-order valence-electron chi connectivity index (χ0n) is 10.7. The van der Waals surface area contributed by atoms with Gasteiger partial charge >= 0.3 is 0 Å². The van der Waals surface area contributed by atoms with E-state index in [1.165, 1.54) is 0 Å². The second-order valence-electron chi connectivity index (χ2n) is 4.02. The highest BCUT2D eigenvalue weighted by Crippen LogP contribution is 2.20. The molecule has 7 heteroatoms. The average Bonchev–Trinajstić information content (AvgIpc) is 2.88. The Kier molecular flexibility index (Phi) is 3.56. The summed E-state index contributed by atoms with van der Waals surface area (Å²) >= 11 is 5.89. The first-order chi connectivity index (χ1) is 8.62. The Balaban J connectivity index is 2.61. The molecule has 0 atom stereocenters. The number of nitrogens with zero attached hydrogens (tertiary/aromatic N) is 4. The molecule has 2 aromatic rings. The van der Waals surface area contributed by atoms with Crippen molar-refractivity contribution in [2.75, 3.05) is 7.05 Å². The summed E-state index contributed by atoms with van der Waals surface area (Å²) in [5.41, 5.74) is 2.60. The Hall–Kier alpha value is -1.56. The van der Waals surface area contributed by atoms with E-state index in [1.54, 1.807) is 11.7 Å². The molecule has 1 N–H and O–H groups in total. The van der Waals surface area contributed by atoms with Gasteiger partial charge in [-0.15, -0.1) is 11.6 Å². The minimum absolute atomic E-state index is 0.0834. The zero-order chi connectivity index (χ0) is 13.3. The van der Waals surface area contributed by atoms with Gasteiger partial charge in [0.25, 0.3) is 0 Å². The number of aromatic nitrogens is 4. The fraction of sp³-hybridized carbons (Fsp3) is 0.545. The molecule has 0 aromatic carbocycles. The Morgan fingerprint density at radius 2 is 2.22 bits per heavy atom. The van der Waals surface area contributed by atoms with Crippen molar-refractivity contribution in [3.05, 3.63) is 11.5 Å². The number of hydrogen-bond acceptors (Lipinski definition) is 3. The number of amides is 1. The molecule has 0 spiro atoms. The highest BCUT2D eigenvalue weighted by atomic mass is 35.5. The van der Waals surface area contributed by atoms with Crippen LogP contribution in [0.25, 0.3) is 11.2 Å². The number of halogens is 1. The SMILES string of the molecule is CCc1nn(C)c2c1nc(CCl)n2CC(=O)NC. The van der Waals surface area contributed by atoms with Crippen LogP contribution >= 0.6 is 11.6 Å². The molecule has 0 bridgehead atoms. The summed E-state index contributed by atoms with van der Waals surface area (Å²) in [6.07, 6.45) is 0.802. The zero-order valence-corrected chi connectivity index (χ0v) is 11.5. The Labute approximate surface area is 110 Å². The molecule has 18 heavy (non-hydrogen) atoms. The van der Waals surface area contributed by atoms with Crippen LogP contribution in [0, 0.1) is 0 Å². The van der Waals surface area contributed by atoms with Gasteiger partial charge in [-0.3, -0.25) is 9.48 Å². The number of alkyl halides is 1. The van der Waals surface area contributed by atoms with E-state index in [2.05, 4.69) is 15.4 Å². The largest absolute Gasteiger partial charge is 0.358 e. The summed E-state index contributed by atoms with van der Waals surface area (Å²) < 4.78 is 3.56. The van der Waals surface area contributed by atoms with Crippen molar-refractivity contribution in [3.63, 3.8) is 0 Å². The van der Waals surface area contributed by atoms with Crippen LogP contribution in [0.2, 0.25) is 0 Å². The number of fused-ring (bicyclic) bond motifs is 1. The molecule has 2 rings (SSSR count). The number of carbonyl (C=O) groups is 1. The predicted molar refractivity (Wildman–Crippen MR) is 69.5 cm³/mol. The smallest absolute Gasteiger partial charge is 0.239 e. The Morgan fingerprint density at radius 1 is 1.50 bits per heavy atom. The summed E-state index contributed by atoms with van der Waals surface area (Å²) in [5, 5.41) is 7.00. The van der Waals surface area contributed by atoms with Crippen LogP contribution < -0.4 is 5.32 Å². The number of likely N-dealkylation sites (N-methyl/N-ethyl adjacent to an activating group) is 1. The van der Waals surface area contributed by atoms with E-state index >= 15 is 0 Å². The van der Waals surface area contributed by atoms with Gasteiger partial charge < -0.3 is 9.88 Å². The van der Waals surface area contributed by atoms with Crippen molar-refractivity contribution in [1.82, 2.24) is 24.6 Å². The van der Waals surface area contributed by atoms with Crippen LogP contribution in [0.3, 0.4) is 0 Å². The third kappa shape index (κ3) is 1.96. The van der Waals surface area contributed by atoms with Crippen molar-refractivity contribution >= 4 is 28.7 Å². The van der Waals surface area contributed by atoms with Crippen molar-refractivity contribution in [3.8, 4) is 0 Å². The van der Waals surface area contributed by atoms with Gasteiger partial charge in [-0.1, -0.05) is 6.92 Å². The molecular formula is C11H16ClN5O. The lowest BCUT2D eigenvalue weighted by Crippen LogP contribution is -2.24. The maximum atomic E-state index is 11.5. The summed E-state index contributed by atoms with van der Waals surface area (Å²) in [5.74, 6) is 0.882. The maximum Gasteiger partial charge on any atom is 0.239 e. The van der Waals surface area contributed by atoms with Gasteiger partial charge in [0.2, 0.25) is 5.91 Å². The lowest BCUT2D eigenvalue weighted by atomic mass is 10.3. The lowest BCUT2D eigenvalue weighted by Gasteiger charge is -2.06. The average molecular weight is 270 g/mol. The first-order valence-corrected chi connectivity index (χ1v) is 6.33. The number of aryl methyl sites for hydroxylation is 2. The van der Waals surface area contributed by atoms with Gasteiger partial charge in [0.1, 0.15) is 17.9 Å². The van der Waals surface area contributed by atoms with E-state index in [4.69, 9.17) is 11.6 Å². The molecule has 0 saturated carbocycles. The van der Waals surface area contributed by atoms with Crippen molar-refractivity contribution in [2.45, 2.75) is 25.8 Å². The summed E-state index contributed by atoms with van der Waals surface area (Å²) in [6, 6.07) is 0. The topological polar surface area (TPSA) is 64.7 Å². The minimum Gasteiger partial charge on any atom is -0.358 e. The standard InChI is InChI=1S/C11H16ClN5O/c1-4-7-10-11(16(3)15-7)17(6-9(18)13-2)8(5-12)14-10/h4-6H2,1-3H3,(H,13,18). The molecule has 2 heterocycles. The van der Waals surface area contributed by atoms with Crippen LogP contribution in [-0.4, -0.2) is 32.3 Å². The number of imidazole rings is 1. The Morgan fingerprint density at radius 3 is 2.78 bits per heavy atom. The summed E-state index contributed by atoms with van der Waals surface area (Å²) in [7, 11) is 3.46. The first kappa shape index (κ1) is 12.9. The van der Waals surface area contributed by atoms with Crippen LogP contribution in [0.1, 0.15) is 18.4 Å². The second-order valence-corrected chi connectivity index (χ2v) is 4.28. The second kappa shape index (κ2) is 4.97. The predicted octanol–water partition coefficient (Wildman–Crippen LogP) is 0.817. The van der Waals surface area contributed by atoms with Crippen LogP contribution in [0.15, 0.2) is 0 Å². The number of hydrogen-bond donors (Lipinski definition) is 1. The van der Waals surface area contributed by atoms with E-state index in [-0.39, 0.29) is 18.3 Å². The van der Waals surface area contributed by atoms with E-state index in [1.807, 2.05) is 18.5 Å². The van der Waals surface area contributed by atoms with Gasteiger partial charge in [-0.25, -0.2) is 4.98 Å². The highest BCUT2D eigenvalue weighted by Gasteiger charge is 2.19. The van der Waals surface area contributed by atoms with Crippen molar-refractivity contribution in [2.24, 2.45) is 7.05 Å². The molecule has 1 amide bonds. The van der Waals surface area contributed by atoms with Crippen LogP contribution in [0.5, 0.6) is 0 Å². The fourth-order valence-corrected chi connectivity index (χ4v) is 2.22. The van der Waals surface area contributed by atoms with Gasteiger partial charge in [-0.05, 0) is 6.42 Å². The lowest BCUT2D eigenvalue weighted by molar-refractivity contribution is -0.121.